The summed E-state index contributed by atoms with van der Waals surface area (Å²) in [6.45, 7) is 3.47. The summed E-state index contributed by atoms with van der Waals surface area (Å²) in [7, 11) is 0. The van der Waals surface area contributed by atoms with Crippen LogP contribution < -0.4 is 5.32 Å². The molecule has 0 bridgehead atoms. The molecule has 2 rings (SSSR count). The number of benzene rings is 1. The van der Waals surface area contributed by atoms with Gasteiger partial charge in [-0.25, -0.2) is 0 Å². The van der Waals surface area contributed by atoms with E-state index in [9.17, 15) is 19.8 Å². The smallest absolute Gasteiger partial charge is 0.311 e. The van der Waals surface area contributed by atoms with E-state index in [0.29, 0.717) is 12.8 Å². The van der Waals surface area contributed by atoms with Crippen molar-refractivity contribution in [3.63, 3.8) is 0 Å². The van der Waals surface area contributed by atoms with Crippen molar-refractivity contribution in [1.29, 1.82) is 0 Å². The number of nitrogens with one attached hydrogen (secondary N) is 1. The zero-order valence-electron chi connectivity index (χ0n) is 11.6. The molecule has 0 saturated heterocycles. The minimum absolute atomic E-state index is 0.0856. The topological polar surface area (TPSA) is 86.6 Å². The van der Waals surface area contributed by atoms with Gasteiger partial charge in [0.25, 0.3) is 5.91 Å². The van der Waals surface area contributed by atoms with Gasteiger partial charge in [-0.3, -0.25) is 9.59 Å². The number of carboxylic acids is 1. The molecule has 1 aromatic rings. The van der Waals surface area contributed by atoms with E-state index in [2.05, 4.69) is 5.32 Å². The highest BCUT2D eigenvalue weighted by Gasteiger charge is 2.46. The molecule has 2 unspecified atom stereocenters. The van der Waals surface area contributed by atoms with Crippen LogP contribution in [0.15, 0.2) is 18.2 Å². The van der Waals surface area contributed by atoms with E-state index >= 15 is 0 Å². The Morgan fingerprint density at radius 2 is 2.10 bits per heavy atom. The van der Waals surface area contributed by atoms with Gasteiger partial charge in [-0.05, 0) is 44.4 Å². The molecule has 108 valence electrons. The van der Waals surface area contributed by atoms with E-state index in [1.807, 2.05) is 6.92 Å². The van der Waals surface area contributed by atoms with Gasteiger partial charge in [-0.1, -0.05) is 12.5 Å². The van der Waals surface area contributed by atoms with Crippen LogP contribution in [-0.4, -0.2) is 28.1 Å². The third kappa shape index (κ3) is 2.48. The molecule has 1 aromatic carbocycles. The maximum Gasteiger partial charge on any atom is 0.311 e. The fraction of sp³-hybridized carbons (Fsp3) is 0.467. The number of phenols is 1. The van der Waals surface area contributed by atoms with E-state index < -0.39 is 23.3 Å². The molecule has 1 aliphatic carbocycles. The lowest BCUT2D eigenvalue weighted by molar-refractivity contribution is -0.148. The Kier molecular flexibility index (Phi) is 3.70. The van der Waals surface area contributed by atoms with E-state index in [4.69, 9.17) is 0 Å². The highest BCUT2D eigenvalue weighted by atomic mass is 16.4. The van der Waals surface area contributed by atoms with Crippen LogP contribution in [0.3, 0.4) is 0 Å². The number of aliphatic carboxylic acids is 1. The molecule has 5 nitrogen and oxygen atoms in total. The molecule has 5 heteroatoms. The molecule has 1 aliphatic rings. The first-order chi connectivity index (χ1) is 9.34. The van der Waals surface area contributed by atoms with Crippen LogP contribution in [-0.2, 0) is 4.79 Å². The highest BCUT2D eigenvalue weighted by Crippen LogP contribution is 2.38. The van der Waals surface area contributed by atoms with Crippen molar-refractivity contribution in [3.8, 4) is 5.75 Å². The fourth-order valence-corrected chi connectivity index (χ4v) is 2.72. The zero-order valence-corrected chi connectivity index (χ0v) is 11.6. The van der Waals surface area contributed by atoms with E-state index in [1.165, 1.54) is 6.07 Å². The lowest BCUT2D eigenvalue weighted by Gasteiger charge is -2.27. The number of aryl methyl sites for hydroxylation is 1. The summed E-state index contributed by atoms with van der Waals surface area (Å²) >= 11 is 0. The molecule has 0 aliphatic heterocycles. The van der Waals surface area contributed by atoms with E-state index in [0.717, 1.165) is 12.0 Å². The van der Waals surface area contributed by atoms with Crippen LogP contribution in [0.1, 0.15) is 42.1 Å². The van der Waals surface area contributed by atoms with Crippen molar-refractivity contribution in [2.24, 2.45) is 5.41 Å². The minimum atomic E-state index is -0.935. The van der Waals surface area contributed by atoms with Crippen molar-refractivity contribution in [2.45, 2.75) is 39.2 Å². The normalized spacial score (nSPS) is 25.4. The van der Waals surface area contributed by atoms with Crippen LogP contribution in [0.4, 0.5) is 0 Å². The summed E-state index contributed by atoms with van der Waals surface area (Å²) < 4.78 is 0. The molecular weight excluding hydrogens is 258 g/mol. The first-order valence-corrected chi connectivity index (χ1v) is 6.68. The lowest BCUT2D eigenvalue weighted by Crippen LogP contribution is -2.47. The number of carboxylic acid groups (broad SMARTS) is 1. The standard InChI is InChI=1S/C15H19NO4/c1-9-5-6-10(11(17)8-9)13(18)16-12-4-3-7-15(12,2)14(19)20/h5-6,8,12,17H,3-4,7H2,1-2H3,(H,16,18)(H,19,20). The quantitative estimate of drug-likeness (QED) is 0.789. The first kappa shape index (κ1) is 14.4. The second kappa shape index (κ2) is 5.15. The number of carbonyl (C=O) groups excluding carboxylic acids is 1. The molecule has 2 atom stereocenters. The zero-order chi connectivity index (χ0) is 14.9. The first-order valence-electron chi connectivity index (χ1n) is 6.68. The maximum atomic E-state index is 12.2. The Balaban J connectivity index is 2.17. The summed E-state index contributed by atoms with van der Waals surface area (Å²) in [4.78, 5) is 23.5. The molecular formula is C15H19NO4. The summed E-state index contributed by atoms with van der Waals surface area (Å²) in [5, 5.41) is 21.9. The van der Waals surface area contributed by atoms with Gasteiger partial charge in [0.1, 0.15) is 5.75 Å². The molecule has 20 heavy (non-hydrogen) atoms. The summed E-state index contributed by atoms with van der Waals surface area (Å²) in [5.41, 5.74) is 0.0984. The van der Waals surface area contributed by atoms with Crippen molar-refractivity contribution in [2.75, 3.05) is 0 Å². The van der Waals surface area contributed by atoms with Gasteiger partial charge in [0.15, 0.2) is 0 Å². The number of hydrogen-bond acceptors (Lipinski definition) is 3. The molecule has 1 amide bonds. The third-order valence-electron chi connectivity index (χ3n) is 4.15. The van der Waals surface area contributed by atoms with Gasteiger partial charge in [0, 0.05) is 6.04 Å². The van der Waals surface area contributed by atoms with Gasteiger partial charge in [-0.15, -0.1) is 0 Å². The largest absolute Gasteiger partial charge is 0.507 e. The van der Waals surface area contributed by atoms with Gasteiger partial charge < -0.3 is 15.5 Å². The van der Waals surface area contributed by atoms with Crippen LogP contribution in [0.25, 0.3) is 0 Å². The molecule has 0 heterocycles. The van der Waals surface area contributed by atoms with Crippen molar-refractivity contribution in [1.82, 2.24) is 5.32 Å². The Morgan fingerprint density at radius 1 is 1.40 bits per heavy atom. The van der Waals surface area contributed by atoms with Crippen molar-refractivity contribution in [3.05, 3.63) is 29.3 Å². The maximum absolute atomic E-state index is 12.2. The van der Waals surface area contributed by atoms with Crippen LogP contribution >= 0.6 is 0 Å². The summed E-state index contributed by atoms with van der Waals surface area (Å²) in [6, 6.07) is 4.39. The van der Waals surface area contributed by atoms with E-state index in [-0.39, 0.29) is 11.3 Å². The fourth-order valence-electron chi connectivity index (χ4n) is 2.72. The average molecular weight is 277 g/mol. The second-order valence-electron chi connectivity index (χ2n) is 5.66. The number of hydrogen-bond donors (Lipinski definition) is 3. The number of rotatable bonds is 3. The lowest BCUT2D eigenvalue weighted by atomic mass is 9.85. The number of aromatic hydroxyl groups is 1. The molecule has 3 N–H and O–H groups in total. The third-order valence-corrected chi connectivity index (χ3v) is 4.15. The molecule has 1 fully saturated rings. The number of phenolic OH excluding ortho intramolecular Hbond substituents is 1. The summed E-state index contributed by atoms with van der Waals surface area (Å²) in [5.74, 6) is -1.41. The molecule has 0 radical (unpaired) electrons. The van der Waals surface area contributed by atoms with Gasteiger partial charge in [-0.2, -0.15) is 0 Å². The van der Waals surface area contributed by atoms with Crippen LogP contribution in [0, 0.1) is 12.3 Å². The minimum Gasteiger partial charge on any atom is -0.507 e. The SMILES string of the molecule is Cc1ccc(C(=O)NC2CCCC2(C)C(=O)O)c(O)c1. The second-order valence-corrected chi connectivity index (χ2v) is 5.66. The van der Waals surface area contributed by atoms with Crippen LogP contribution in [0.2, 0.25) is 0 Å². The monoisotopic (exact) mass is 277 g/mol. The van der Waals surface area contributed by atoms with Crippen LogP contribution in [0.5, 0.6) is 5.75 Å². The van der Waals surface area contributed by atoms with Gasteiger partial charge in [0.05, 0.1) is 11.0 Å². The van der Waals surface area contributed by atoms with Crippen molar-refractivity contribution < 1.29 is 19.8 Å². The predicted octanol–water partition coefficient (Wildman–Crippen LogP) is 2.07. The average Bonchev–Trinajstić information content (AvgIpc) is 2.72. The Labute approximate surface area is 117 Å². The van der Waals surface area contributed by atoms with Crippen molar-refractivity contribution >= 4 is 11.9 Å². The molecule has 1 saturated carbocycles. The van der Waals surface area contributed by atoms with Gasteiger partial charge >= 0.3 is 5.97 Å². The Hall–Kier alpha value is -2.04. The molecule has 0 aromatic heterocycles. The van der Waals surface area contributed by atoms with Gasteiger partial charge in [0.2, 0.25) is 0 Å². The number of amides is 1. The predicted molar refractivity (Wildman–Crippen MR) is 73.7 cm³/mol. The Morgan fingerprint density at radius 3 is 2.70 bits per heavy atom. The Bertz CT molecular complexity index is 555. The summed E-state index contributed by atoms with van der Waals surface area (Å²) in [6.07, 6.45) is 1.96. The highest BCUT2D eigenvalue weighted by molar-refractivity contribution is 5.97. The van der Waals surface area contributed by atoms with E-state index in [1.54, 1.807) is 19.1 Å². The number of carbonyl (C=O) groups is 2. The molecule has 0 spiro atoms.